The predicted molar refractivity (Wildman–Crippen MR) is 90.8 cm³/mol. The van der Waals surface area contributed by atoms with Crippen molar-refractivity contribution in [1.82, 2.24) is 4.72 Å². The van der Waals surface area contributed by atoms with Gasteiger partial charge in [-0.25, -0.2) is 13.1 Å². The summed E-state index contributed by atoms with van der Waals surface area (Å²) in [6.45, 7) is 0. The summed E-state index contributed by atoms with van der Waals surface area (Å²) in [5, 5.41) is 13.2. The molecule has 0 radical (unpaired) electrons. The number of nitro benzene ring substituents is 1. The Kier molecular flexibility index (Phi) is 4.51. The van der Waals surface area contributed by atoms with E-state index in [1.165, 1.54) is 48.5 Å². The van der Waals surface area contributed by atoms with Crippen LogP contribution in [0, 0.1) is 10.1 Å². The highest BCUT2D eigenvalue weighted by atomic mass is 32.2. The summed E-state index contributed by atoms with van der Waals surface area (Å²) in [6, 6.07) is 11.0. The first-order chi connectivity index (χ1) is 11.8. The molecule has 9 heteroatoms. The fraction of sp³-hybridized carbons (Fsp3) is 0.188. The van der Waals surface area contributed by atoms with Crippen LogP contribution in [-0.4, -0.2) is 25.3 Å². The first-order valence-corrected chi connectivity index (χ1v) is 9.02. The Bertz CT molecular complexity index is 921. The molecule has 1 fully saturated rings. The van der Waals surface area contributed by atoms with Crippen molar-refractivity contribution in [2.75, 3.05) is 5.32 Å². The van der Waals surface area contributed by atoms with Crippen molar-refractivity contribution in [3.63, 3.8) is 0 Å². The maximum absolute atomic E-state index is 12.3. The van der Waals surface area contributed by atoms with Gasteiger partial charge in [-0.1, -0.05) is 6.07 Å². The van der Waals surface area contributed by atoms with Crippen LogP contribution in [0.3, 0.4) is 0 Å². The quantitative estimate of drug-likeness (QED) is 0.604. The van der Waals surface area contributed by atoms with Crippen molar-refractivity contribution < 1.29 is 18.1 Å². The van der Waals surface area contributed by atoms with E-state index in [4.69, 9.17) is 0 Å². The van der Waals surface area contributed by atoms with Crippen molar-refractivity contribution >= 4 is 27.3 Å². The van der Waals surface area contributed by atoms with Gasteiger partial charge in [-0.3, -0.25) is 14.9 Å². The number of nitrogens with one attached hydrogen (secondary N) is 2. The normalized spacial score (nSPS) is 14.1. The second-order valence-electron chi connectivity index (χ2n) is 5.68. The van der Waals surface area contributed by atoms with Gasteiger partial charge < -0.3 is 5.32 Å². The van der Waals surface area contributed by atoms with E-state index in [0.717, 1.165) is 12.8 Å². The number of rotatable bonds is 6. The maximum atomic E-state index is 12.3. The SMILES string of the molecule is O=C(Nc1ccc([N+](=O)[O-])cc1)c1cccc(S(=O)(=O)NC2CC2)c1. The average Bonchev–Trinajstić information content (AvgIpc) is 3.39. The molecule has 2 N–H and O–H groups in total. The third-order valence-electron chi connectivity index (χ3n) is 3.64. The molecule has 1 aliphatic rings. The highest BCUT2D eigenvalue weighted by molar-refractivity contribution is 7.89. The van der Waals surface area contributed by atoms with E-state index >= 15 is 0 Å². The molecule has 8 nitrogen and oxygen atoms in total. The minimum absolute atomic E-state index is 0.0238. The van der Waals surface area contributed by atoms with E-state index in [0.29, 0.717) is 5.69 Å². The van der Waals surface area contributed by atoms with Crippen LogP contribution in [0.15, 0.2) is 53.4 Å². The van der Waals surface area contributed by atoms with E-state index in [2.05, 4.69) is 10.0 Å². The number of amides is 1. The molecule has 2 aromatic carbocycles. The van der Waals surface area contributed by atoms with Crippen LogP contribution in [0.4, 0.5) is 11.4 Å². The molecule has 0 saturated heterocycles. The molecular weight excluding hydrogens is 346 g/mol. The lowest BCUT2D eigenvalue weighted by Gasteiger charge is -2.08. The average molecular weight is 361 g/mol. The molecule has 1 amide bonds. The molecule has 0 heterocycles. The zero-order chi connectivity index (χ0) is 18.0. The summed E-state index contributed by atoms with van der Waals surface area (Å²) in [6.07, 6.45) is 1.64. The Morgan fingerprint density at radius 2 is 1.80 bits per heavy atom. The molecule has 0 aliphatic heterocycles. The molecule has 0 bridgehead atoms. The van der Waals surface area contributed by atoms with Gasteiger partial charge in [0.2, 0.25) is 10.0 Å². The van der Waals surface area contributed by atoms with E-state index < -0.39 is 20.9 Å². The standard InChI is InChI=1S/C16H15N3O5S/c20-16(17-12-6-8-14(9-7-12)19(21)22)11-2-1-3-15(10-11)25(23,24)18-13-4-5-13/h1-3,6-10,13,18H,4-5H2,(H,17,20). The number of sulfonamides is 1. The van der Waals surface area contributed by atoms with Gasteiger partial charge in [-0.05, 0) is 43.2 Å². The van der Waals surface area contributed by atoms with Crippen LogP contribution in [0.1, 0.15) is 23.2 Å². The molecule has 0 atom stereocenters. The Labute approximate surface area is 144 Å². The summed E-state index contributed by atoms with van der Waals surface area (Å²) in [5.41, 5.74) is 0.467. The van der Waals surface area contributed by atoms with Gasteiger partial charge in [0.1, 0.15) is 0 Å². The smallest absolute Gasteiger partial charge is 0.269 e. The van der Waals surface area contributed by atoms with E-state index in [1.54, 1.807) is 0 Å². The Morgan fingerprint density at radius 3 is 2.40 bits per heavy atom. The van der Waals surface area contributed by atoms with Crippen LogP contribution in [0.25, 0.3) is 0 Å². The zero-order valence-corrected chi connectivity index (χ0v) is 13.8. The lowest BCUT2D eigenvalue weighted by molar-refractivity contribution is -0.384. The fourth-order valence-electron chi connectivity index (χ4n) is 2.16. The molecule has 0 aromatic heterocycles. The van der Waals surface area contributed by atoms with Crippen molar-refractivity contribution in [3.8, 4) is 0 Å². The van der Waals surface area contributed by atoms with Gasteiger partial charge in [0, 0.05) is 29.4 Å². The van der Waals surface area contributed by atoms with Crippen LogP contribution >= 0.6 is 0 Å². The number of anilines is 1. The molecule has 0 spiro atoms. The number of hydrogen-bond donors (Lipinski definition) is 2. The summed E-state index contributed by atoms with van der Waals surface area (Å²) in [4.78, 5) is 22.4. The summed E-state index contributed by atoms with van der Waals surface area (Å²) >= 11 is 0. The van der Waals surface area contributed by atoms with Crippen molar-refractivity contribution in [2.24, 2.45) is 0 Å². The van der Waals surface area contributed by atoms with Crippen LogP contribution in [0.5, 0.6) is 0 Å². The van der Waals surface area contributed by atoms with Gasteiger partial charge in [0.05, 0.1) is 9.82 Å². The Balaban J connectivity index is 1.75. The number of nitrogens with zero attached hydrogens (tertiary/aromatic N) is 1. The summed E-state index contributed by atoms with van der Waals surface area (Å²) in [5.74, 6) is -0.502. The van der Waals surface area contributed by atoms with Crippen LogP contribution < -0.4 is 10.0 Å². The minimum atomic E-state index is -3.65. The molecule has 130 valence electrons. The number of carbonyl (C=O) groups excluding carboxylic acids is 1. The fourth-order valence-corrected chi connectivity index (χ4v) is 3.51. The summed E-state index contributed by atoms with van der Waals surface area (Å²) < 4.78 is 27.0. The number of nitro groups is 1. The largest absolute Gasteiger partial charge is 0.322 e. The topological polar surface area (TPSA) is 118 Å². The molecule has 2 aromatic rings. The van der Waals surface area contributed by atoms with Crippen LogP contribution in [-0.2, 0) is 10.0 Å². The van der Waals surface area contributed by atoms with Gasteiger partial charge in [-0.15, -0.1) is 0 Å². The molecule has 0 unspecified atom stereocenters. The second kappa shape index (κ2) is 6.61. The predicted octanol–water partition coefficient (Wildman–Crippen LogP) is 2.29. The highest BCUT2D eigenvalue weighted by Crippen LogP contribution is 2.23. The van der Waals surface area contributed by atoms with E-state index in [9.17, 15) is 23.3 Å². The highest BCUT2D eigenvalue weighted by Gasteiger charge is 2.28. The van der Waals surface area contributed by atoms with Crippen molar-refractivity contribution in [3.05, 3.63) is 64.2 Å². The van der Waals surface area contributed by atoms with Gasteiger partial charge in [-0.2, -0.15) is 0 Å². The molecular formula is C16H15N3O5S. The third-order valence-corrected chi connectivity index (χ3v) is 5.16. The Morgan fingerprint density at radius 1 is 1.12 bits per heavy atom. The van der Waals surface area contributed by atoms with Gasteiger partial charge in [0.25, 0.3) is 11.6 Å². The van der Waals surface area contributed by atoms with Crippen molar-refractivity contribution in [2.45, 2.75) is 23.8 Å². The first kappa shape index (κ1) is 17.1. The molecule has 3 rings (SSSR count). The zero-order valence-electron chi connectivity index (χ0n) is 13.0. The molecule has 25 heavy (non-hydrogen) atoms. The lowest BCUT2D eigenvalue weighted by atomic mass is 10.2. The summed E-state index contributed by atoms with van der Waals surface area (Å²) in [7, 11) is -3.65. The van der Waals surface area contributed by atoms with E-state index in [1.807, 2.05) is 0 Å². The number of non-ortho nitro benzene ring substituents is 1. The maximum Gasteiger partial charge on any atom is 0.269 e. The van der Waals surface area contributed by atoms with Crippen molar-refractivity contribution in [1.29, 1.82) is 0 Å². The molecule has 1 aliphatic carbocycles. The minimum Gasteiger partial charge on any atom is -0.322 e. The number of hydrogen-bond acceptors (Lipinski definition) is 5. The monoisotopic (exact) mass is 361 g/mol. The van der Waals surface area contributed by atoms with Gasteiger partial charge >= 0.3 is 0 Å². The Hall–Kier alpha value is -2.78. The molecule has 1 saturated carbocycles. The number of carbonyl (C=O) groups is 1. The first-order valence-electron chi connectivity index (χ1n) is 7.53. The van der Waals surface area contributed by atoms with Gasteiger partial charge in [0.15, 0.2) is 0 Å². The lowest BCUT2D eigenvalue weighted by Crippen LogP contribution is -2.26. The van der Waals surface area contributed by atoms with E-state index in [-0.39, 0.29) is 22.2 Å². The number of benzene rings is 2. The third kappa shape index (κ3) is 4.20. The second-order valence-corrected chi connectivity index (χ2v) is 7.40. The van der Waals surface area contributed by atoms with Crippen LogP contribution in [0.2, 0.25) is 0 Å².